The van der Waals surface area contributed by atoms with E-state index >= 15 is 0 Å². The lowest BCUT2D eigenvalue weighted by molar-refractivity contribution is 0.101. The van der Waals surface area contributed by atoms with Gasteiger partial charge in [0.15, 0.2) is 5.78 Å². The quantitative estimate of drug-likeness (QED) is 0.612. The highest BCUT2D eigenvalue weighted by Crippen LogP contribution is 2.15. The van der Waals surface area contributed by atoms with Gasteiger partial charge in [0.05, 0.1) is 11.0 Å². The van der Waals surface area contributed by atoms with Crippen LogP contribution in [0.1, 0.15) is 54.7 Å². The van der Waals surface area contributed by atoms with Crippen molar-refractivity contribution in [3.63, 3.8) is 0 Å². The molecule has 0 spiro atoms. The van der Waals surface area contributed by atoms with Crippen LogP contribution >= 0.6 is 12.2 Å². The molecule has 0 aliphatic rings. The predicted molar refractivity (Wildman–Crippen MR) is 102 cm³/mol. The topological polar surface area (TPSA) is 29.1 Å². The van der Waals surface area contributed by atoms with E-state index in [0.29, 0.717) is 6.04 Å². The summed E-state index contributed by atoms with van der Waals surface area (Å²) < 4.78 is 0. The smallest absolute Gasteiger partial charge is 0.159 e. The average molecular weight is 327 g/mol. The number of rotatable bonds is 4. The molecule has 2 rings (SSSR count). The molecule has 0 radical (unpaired) electrons. The number of hydrogen-bond donors (Lipinski definition) is 1. The van der Waals surface area contributed by atoms with Gasteiger partial charge in [0.25, 0.3) is 0 Å². The largest absolute Gasteiger partial charge is 0.373 e. The molecule has 0 fully saturated rings. The zero-order valence-corrected chi connectivity index (χ0v) is 15.1. The van der Waals surface area contributed by atoms with Crippen LogP contribution in [0.15, 0.2) is 54.6 Å². The Hall–Kier alpha value is -2.00. The van der Waals surface area contributed by atoms with E-state index in [1.54, 1.807) is 6.92 Å². The minimum Gasteiger partial charge on any atom is -0.373 e. The molecule has 0 aromatic heterocycles. The molecule has 0 heterocycles. The summed E-state index contributed by atoms with van der Waals surface area (Å²) in [7, 11) is 0. The molecule has 122 valence electrons. The van der Waals surface area contributed by atoms with Gasteiger partial charge >= 0.3 is 0 Å². The summed E-state index contributed by atoms with van der Waals surface area (Å²) in [6.45, 7) is 7.65. The number of carbonyl (C=O) groups excluding carboxylic acids is 1. The van der Waals surface area contributed by atoms with Crippen LogP contribution in [-0.2, 0) is 0 Å². The van der Waals surface area contributed by atoms with Crippen LogP contribution in [0, 0.1) is 6.92 Å². The first-order chi connectivity index (χ1) is 10.9. The molecule has 0 saturated carbocycles. The maximum atomic E-state index is 10.8. The van der Waals surface area contributed by atoms with Gasteiger partial charge in [0.1, 0.15) is 0 Å². The van der Waals surface area contributed by atoms with Crippen molar-refractivity contribution in [1.29, 1.82) is 0 Å². The fourth-order valence-corrected chi connectivity index (χ4v) is 2.28. The zero-order chi connectivity index (χ0) is 17.2. The SMILES string of the molecule is CC(=O)c1ccc(C)cc1.CCC(NC(C)=S)c1ccccc1. The van der Waals surface area contributed by atoms with Crippen LogP contribution in [-0.4, -0.2) is 10.8 Å². The fraction of sp³-hybridized carbons (Fsp3) is 0.300. The third-order valence-corrected chi connectivity index (χ3v) is 3.56. The van der Waals surface area contributed by atoms with Crippen LogP contribution in [0.3, 0.4) is 0 Å². The summed E-state index contributed by atoms with van der Waals surface area (Å²) in [5.74, 6) is 0.125. The van der Waals surface area contributed by atoms with E-state index in [9.17, 15) is 4.79 Å². The average Bonchev–Trinajstić information content (AvgIpc) is 2.54. The van der Waals surface area contributed by atoms with Gasteiger partial charge in [-0.3, -0.25) is 4.79 Å². The van der Waals surface area contributed by atoms with Gasteiger partial charge in [-0.25, -0.2) is 0 Å². The minimum atomic E-state index is 0.125. The van der Waals surface area contributed by atoms with E-state index < -0.39 is 0 Å². The van der Waals surface area contributed by atoms with Gasteiger partial charge in [0.2, 0.25) is 0 Å². The lowest BCUT2D eigenvalue weighted by atomic mass is 10.1. The highest BCUT2D eigenvalue weighted by atomic mass is 32.1. The summed E-state index contributed by atoms with van der Waals surface area (Å²) >= 11 is 5.03. The lowest BCUT2D eigenvalue weighted by Crippen LogP contribution is -2.23. The molecule has 0 bridgehead atoms. The second kappa shape index (κ2) is 9.90. The fourth-order valence-electron chi connectivity index (χ4n) is 2.14. The Morgan fingerprint density at radius 1 is 1.04 bits per heavy atom. The molecule has 0 aliphatic carbocycles. The molecule has 1 N–H and O–H groups in total. The number of hydrogen-bond acceptors (Lipinski definition) is 2. The Kier molecular flexibility index (Phi) is 8.20. The van der Waals surface area contributed by atoms with Crippen LogP contribution < -0.4 is 5.32 Å². The zero-order valence-electron chi connectivity index (χ0n) is 14.3. The third-order valence-electron chi connectivity index (χ3n) is 3.45. The Morgan fingerprint density at radius 3 is 2.04 bits per heavy atom. The third kappa shape index (κ3) is 7.20. The summed E-state index contributed by atoms with van der Waals surface area (Å²) in [4.78, 5) is 11.6. The molecule has 3 heteroatoms. The molecule has 0 saturated heterocycles. The van der Waals surface area contributed by atoms with Gasteiger partial charge in [-0.2, -0.15) is 0 Å². The second-order valence-corrected chi connectivity index (χ2v) is 6.11. The number of aryl methyl sites for hydroxylation is 1. The first-order valence-corrected chi connectivity index (χ1v) is 8.24. The van der Waals surface area contributed by atoms with Gasteiger partial charge in [-0.15, -0.1) is 0 Å². The minimum absolute atomic E-state index is 0.125. The highest BCUT2D eigenvalue weighted by molar-refractivity contribution is 7.80. The summed E-state index contributed by atoms with van der Waals surface area (Å²) in [6.07, 6.45) is 1.05. The maximum absolute atomic E-state index is 10.8. The van der Waals surface area contributed by atoms with Gasteiger partial charge in [-0.1, -0.05) is 79.3 Å². The van der Waals surface area contributed by atoms with Crippen molar-refractivity contribution in [2.24, 2.45) is 0 Å². The standard InChI is InChI=1S/C11H15NS.C9H10O/c1-3-11(12-9(2)13)10-7-5-4-6-8-10;1-7-3-5-9(6-4-7)8(2)10/h4-8,11H,3H2,1-2H3,(H,12,13);3-6H,1-2H3. The second-order valence-electron chi connectivity index (χ2n) is 5.49. The van der Waals surface area contributed by atoms with Crippen molar-refractivity contribution in [3.8, 4) is 0 Å². The van der Waals surface area contributed by atoms with Crippen LogP contribution in [0.25, 0.3) is 0 Å². The molecular weight excluding hydrogens is 302 g/mol. The monoisotopic (exact) mass is 327 g/mol. The van der Waals surface area contributed by atoms with E-state index in [0.717, 1.165) is 17.0 Å². The normalized spacial score (nSPS) is 11.0. The molecule has 2 nitrogen and oxygen atoms in total. The maximum Gasteiger partial charge on any atom is 0.159 e. The molecule has 0 aliphatic heterocycles. The van der Waals surface area contributed by atoms with Crippen molar-refractivity contribution in [3.05, 3.63) is 71.3 Å². The van der Waals surface area contributed by atoms with Crippen LogP contribution in [0.5, 0.6) is 0 Å². The number of carbonyl (C=O) groups is 1. The number of thiocarbonyl (C=S) groups is 1. The van der Waals surface area contributed by atoms with Crippen molar-refractivity contribution in [2.45, 2.75) is 40.2 Å². The highest BCUT2D eigenvalue weighted by Gasteiger charge is 2.06. The van der Waals surface area contributed by atoms with Crippen LogP contribution in [0.2, 0.25) is 0 Å². The van der Waals surface area contributed by atoms with Crippen molar-refractivity contribution < 1.29 is 4.79 Å². The van der Waals surface area contributed by atoms with Crippen LogP contribution in [0.4, 0.5) is 0 Å². The molecule has 2 aromatic rings. The van der Waals surface area contributed by atoms with Gasteiger partial charge < -0.3 is 5.32 Å². The number of nitrogens with one attached hydrogen (secondary N) is 1. The number of benzene rings is 2. The van der Waals surface area contributed by atoms with Gasteiger partial charge in [-0.05, 0) is 32.8 Å². The van der Waals surface area contributed by atoms with E-state index in [2.05, 4.69) is 36.5 Å². The first-order valence-electron chi connectivity index (χ1n) is 7.83. The summed E-state index contributed by atoms with van der Waals surface area (Å²) in [5.41, 5.74) is 3.27. The molecule has 1 unspecified atom stereocenters. The lowest BCUT2D eigenvalue weighted by Gasteiger charge is -2.17. The van der Waals surface area contributed by atoms with Gasteiger partial charge in [0, 0.05) is 5.56 Å². The molecule has 23 heavy (non-hydrogen) atoms. The predicted octanol–water partition coefficient (Wildman–Crippen LogP) is 5.27. The Morgan fingerprint density at radius 2 is 1.61 bits per heavy atom. The molecule has 2 aromatic carbocycles. The first kappa shape index (κ1) is 19.0. The molecule has 0 amide bonds. The summed E-state index contributed by atoms with van der Waals surface area (Å²) in [5, 5.41) is 3.28. The molecular formula is C20H25NOS. The Labute approximate surface area is 144 Å². The number of ketones is 1. The van der Waals surface area contributed by atoms with Crippen molar-refractivity contribution in [2.75, 3.05) is 0 Å². The van der Waals surface area contributed by atoms with E-state index in [1.165, 1.54) is 11.1 Å². The Balaban J connectivity index is 0.000000238. The van der Waals surface area contributed by atoms with Crippen molar-refractivity contribution >= 4 is 23.0 Å². The summed E-state index contributed by atoms with van der Waals surface area (Å²) in [6, 6.07) is 18.3. The van der Waals surface area contributed by atoms with E-state index in [1.807, 2.05) is 44.2 Å². The molecule has 1 atom stereocenters. The van der Waals surface area contributed by atoms with Crippen molar-refractivity contribution in [1.82, 2.24) is 5.32 Å². The number of Topliss-reactive ketones (excluding diaryl/α,β-unsaturated/α-hetero) is 1. The van der Waals surface area contributed by atoms with E-state index in [4.69, 9.17) is 12.2 Å². The van der Waals surface area contributed by atoms with E-state index in [-0.39, 0.29) is 5.78 Å². The Bertz CT molecular complexity index is 620.